The van der Waals surface area contributed by atoms with Crippen LogP contribution in [0.3, 0.4) is 0 Å². The molecule has 4 nitrogen and oxygen atoms in total. The molecule has 0 spiro atoms. The zero-order valence-corrected chi connectivity index (χ0v) is 9.14. The molecule has 0 radical (unpaired) electrons. The second kappa shape index (κ2) is 5.21. The summed E-state index contributed by atoms with van der Waals surface area (Å²) < 4.78 is 77.0. The van der Waals surface area contributed by atoms with Crippen LogP contribution in [0, 0.1) is 0 Å². The van der Waals surface area contributed by atoms with Crippen LogP contribution in [0.5, 0.6) is 5.75 Å². The number of aromatic nitrogens is 1. The molecule has 0 fully saturated rings. The number of hydrogen-bond acceptors (Lipinski definition) is 4. The molecule has 19 heavy (non-hydrogen) atoms. The third-order valence-corrected chi connectivity index (χ3v) is 2.01. The Morgan fingerprint density at radius 3 is 2.16 bits per heavy atom. The maximum Gasteiger partial charge on any atom is 0.573 e. The van der Waals surface area contributed by atoms with Crippen LogP contribution >= 0.6 is 0 Å². The van der Waals surface area contributed by atoms with Crippen LogP contribution in [-0.4, -0.2) is 16.5 Å². The average Bonchev–Trinajstić information content (AvgIpc) is 2.24. The molecule has 0 aliphatic heterocycles. The van der Waals surface area contributed by atoms with Crippen LogP contribution in [0.4, 0.5) is 26.3 Å². The highest BCUT2D eigenvalue weighted by Gasteiger charge is 2.41. The minimum absolute atomic E-state index is 0.269. The molecule has 3 N–H and O–H groups in total. The summed E-state index contributed by atoms with van der Waals surface area (Å²) in [5, 5.41) is 8.85. The monoisotopic (exact) mass is 290 g/mol. The molecule has 1 aromatic rings. The highest BCUT2D eigenvalue weighted by Crippen LogP contribution is 2.38. The molecule has 0 aromatic carbocycles. The summed E-state index contributed by atoms with van der Waals surface area (Å²) in [6, 6.07) is 0.422. The molecule has 0 unspecified atom stereocenters. The van der Waals surface area contributed by atoms with Gasteiger partial charge >= 0.3 is 12.5 Å². The molecule has 108 valence electrons. The van der Waals surface area contributed by atoms with Gasteiger partial charge in [-0.1, -0.05) is 0 Å². The minimum Gasteiger partial charge on any atom is -0.403 e. The number of rotatable bonds is 3. The Morgan fingerprint density at radius 1 is 1.21 bits per heavy atom. The molecule has 10 heteroatoms. The number of alkyl halides is 6. The summed E-state index contributed by atoms with van der Waals surface area (Å²) in [6.07, 6.45) is -10.4. The molecule has 1 rings (SSSR count). The van der Waals surface area contributed by atoms with Crippen LogP contribution in [0.25, 0.3) is 0 Å². The first kappa shape index (κ1) is 15.5. The van der Waals surface area contributed by atoms with E-state index in [-0.39, 0.29) is 11.3 Å². The van der Waals surface area contributed by atoms with Gasteiger partial charge in [0.2, 0.25) is 0 Å². The van der Waals surface area contributed by atoms with E-state index in [2.05, 4.69) is 9.72 Å². The van der Waals surface area contributed by atoms with Gasteiger partial charge in [-0.3, -0.25) is 0 Å². The number of halogens is 6. The maximum absolute atomic E-state index is 12.6. The number of aliphatic hydroxyl groups excluding tert-OH is 1. The zero-order valence-electron chi connectivity index (χ0n) is 9.14. The fraction of sp³-hybridized carbons (Fsp3) is 0.444. The Balaban J connectivity index is 3.41. The van der Waals surface area contributed by atoms with Gasteiger partial charge < -0.3 is 15.6 Å². The number of pyridine rings is 1. The highest BCUT2D eigenvalue weighted by molar-refractivity contribution is 5.37. The third-order valence-electron chi connectivity index (χ3n) is 2.01. The third kappa shape index (κ3) is 3.96. The molecule has 1 heterocycles. The first-order chi connectivity index (χ1) is 8.58. The molecule has 0 saturated heterocycles. The Kier molecular flexibility index (Phi) is 4.25. The van der Waals surface area contributed by atoms with E-state index >= 15 is 0 Å². The van der Waals surface area contributed by atoms with Crippen molar-refractivity contribution < 1.29 is 36.2 Å². The summed E-state index contributed by atoms with van der Waals surface area (Å²) in [5.74, 6) is -1.53. The van der Waals surface area contributed by atoms with Crippen molar-refractivity contribution in [1.29, 1.82) is 0 Å². The van der Waals surface area contributed by atoms with E-state index in [0.717, 1.165) is 0 Å². The van der Waals surface area contributed by atoms with Crippen LogP contribution in [-0.2, 0) is 19.3 Å². The number of hydrogen-bond donors (Lipinski definition) is 2. The van der Waals surface area contributed by atoms with Crippen LogP contribution < -0.4 is 10.5 Å². The van der Waals surface area contributed by atoms with Crippen molar-refractivity contribution in [2.24, 2.45) is 5.73 Å². The first-order valence-corrected chi connectivity index (χ1v) is 4.75. The normalized spacial score (nSPS) is 12.6. The average molecular weight is 290 g/mol. The van der Waals surface area contributed by atoms with Crippen LogP contribution in [0.15, 0.2) is 6.07 Å². The van der Waals surface area contributed by atoms with Crippen molar-refractivity contribution in [3.05, 3.63) is 23.0 Å². The van der Waals surface area contributed by atoms with Gasteiger partial charge in [0.25, 0.3) is 0 Å². The highest BCUT2D eigenvalue weighted by atomic mass is 19.4. The summed E-state index contributed by atoms with van der Waals surface area (Å²) in [4.78, 5) is 2.98. The van der Waals surface area contributed by atoms with Gasteiger partial charge in [0.15, 0.2) is 11.4 Å². The van der Waals surface area contributed by atoms with E-state index < -0.39 is 37.1 Å². The minimum atomic E-state index is -5.31. The van der Waals surface area contributed by atoms with Gasteiger partial charge in [0.1, 0.15) is 0 Å². The van der Waals surface area contributed by atoms with E-state index in [1.807, 2.05) is 0 Å². The largest absolute Gasteiger partial charge is 0.573 e. The number of ether oxygens (including phenoxy) is 1. The van der Waals surface area contributed by atoms with Crippen molar-refractivity contribution in [1.82, 2.24) is 4.98 Å². The number of aliphatic hydroxyl groups is 1. The van der Waals surface area contributed by atoms with Gasteiger partial charge in [-0.15, -0.1) is 13.2 Å². The second-order valence-corrected chi connectivity index (χ2v) is 3.35. The molecular formula is C9H8F6N2O2. The smallest absolute Gasteiger partial charge is 0.403 e. The van der Waals surface area contributed by atoms with Crippen molar-refractivity contribution in [2.45, 2.75) is 25.7 Å². The first-order valence-electron chi connectivity index (χ1n) is 4.75. The van der Waals surface area contributed by atoms with Gasteiger partial charge in [0.05, 0.1) is 12.3 Å². The SMILES string of the molecule is NCc1nc(C(F)(F)F)c(OC(F)(F)F)cc1CO. The predicted molar refractivity (Wildman–Crippen MR) is 49.7 cm³/mol. The Morgan fingerprint density at radius 2 is 1.79 bits per heavy atom. The summed E-state index contributed by atoms with van der Waals surface area (Å²) in [5.41, 5.74) is 2.64. The lowest BCUT2D eigenvalue weighted by Crippen LogP contribution is -2.22. The lowest BCUT2D eigenvalue weighted by molar-refractivity contribution is -0.276. The summed E-state index contributed by atoms with van der Waals surface area (Å²) >= 11 is 0. The van der Waals surface area contributed by atoms with E-state index in [9.17, 15) is 26.3 Å². The van der Waals surface area contributed by atoms with E-state index in [0.29, 0.717) is 6.07 Å². The maximum atomic E-state index is 12.6. The van der Waals surface area contributed by atoms with Gasteiger partial charge in [-0.2, -0.15) is 13.2 Å². The quantitative estimate of drug-likeness (QED) is 0.835. The lowest BCUT2D eigenvalue weighted by Gasteiger charge is -2.17. The molecular weight excluding hydrogens is 282 g/mol. The summed E-state index contributed by atoms with van der Waals surface area (Å²) in [6.45, 7) is -1.28. The fourth-order valence-electron chi connectivity index (χ4n) is 1.29. The molecule has 0 saturated carbocycles. The van der Waals surface area contributed by atoms with E-state index in [4.69, 9.17) is 10.8 Å². The predicted octanol–water partition coefficient (Wildman–Crippen LogP) is 1.95. The van der Waals surface area contributed by atoms with Gasteiger partial charge in [-0.25, -0.2) is 4.98 Å². The molecule has 0 aliphatic rings. The Hall–Kier alpha value is -1.55. The molecule has 1 aromatic heterocycles. The van der Waals surface area contributed by atoms with E-state index in [1.165, 1.54) is 0 Å². The lowest BCUT2D eigenvalue weighted by atomic mass is 10.1. The van der Waals surface area contributed by atoms with Crippen molar-refractivity contribution in [2.75, 3.05) is 0 Å². The van der Waals surface area contributed by atoms with Crippen molar-refractivity contribution in [3.63, 3.8) is 0 Å². The standard InChI is InChI=1S/C9H8F6N2O2/c10-8(11,12)7-6(19-9(13,14)15)1-4(3-18)5(2-16)17-7/h1,18H,2-3,16H2. The topological polar surface area (TPSA) is 68.4 Å². The zero-order chi connectivity index (χ0) is 14.8. The van der Waals surface area contributed by atoms with Gasteiger partial charge in [0, 0.05) is 12.1 Å². The van der Waals surface area contributed by atoms with Crippen molar-refractivity contribution >= 4 is 0 Å². The fourth-order valence-corrected chi connectivity index (χ4v) is 1.29. The molecule has 0 aliphatic carbocycles. The van der Waals surface area contributed by atoms with Crippen LogP contribution in [0.2, 0.25) is 0 Å². The van der Waals surface area contributed by atoms with E-state index in [1.54, 1.807) is 0 Å². The number of nitrogens with zero attached hydrogens (tertiary/aromatic N) is 1. The number of nitrogens with two attached hydrogens (primary N) is 1. The molecule has 0 amide bonds. The Labute approximate surface area is 102 Å². The summed E-state index contributed by atoms with van der Waals surface area (Å²) in [7, 11) is 0. The van der Waals surface area contributed by atoms with Crippen molar-refractivity contribution in [3.8, 4) is 5.75 Å². The van der Waals surface area contributed by atoms with Gasteiger partial charge in [-0.05, 0) is 6.07 Å². The molecule has 0 atom stereocenters. The molecule has 0 bridgehead atoms. The van der Waals surface area contributed by atoms with Crippen LogP contribution in [0.1, 0.15) is 17.0 Å². The second-order valence-electron chi connectivity index (χ2n) is 3.35. The Bertz CT molecular complexity index is 457.